The number of urea groups is 1. The van der Waals surface area contributed by atoms with E-state index in [0.29, 0.717) is 19.4 Å². The third kappa shape index (κ3) is 5.24. The van der Waals surface area contributed by atoms with Gasteiger partial charge >= 0.3 is 18.2 Å². The smallest absolute Gasteiger partial charge is 0.405 e. The molecule has 1 atom stereocenters. The molecule has 0 aromatic carbocycles. The number of piperidine rings is 1. The molecule has 1 saturated heterocycles. The third-order valence-electron chi connectivity index (χ3n) is 2.71. The van der Waals surface area contributed by atoms with E-state index in [9.17, 15) is 22.8 Å². The van der Waals surface area contributed by atoms with Crippen LogP contribution in [0.2, 0.25) is 0 Å². The first-order chi connectivity index (χ1) is 8.28. The van der Waals surface area contributed by atoms with Crippen LogP contribution in [0.25, 0.3) is 0 Å². The maximum Gasteiger partial charge on any atom is 0.405 e. The summed E-state index contributed by atoms with van der Waals surface area (Å²) in [4.78, 5) is 23.2. The number of aliphatic carboxylic acids is 1. The summed E-state index contributed by atoms with van der Waals surface area (Å²) in [6, 6.07) is -0.789. The molecule has 1 rings (SSSR count). The fraction of sp³-hybridized carbons (Fsp3) is 0.800. The topological polar surface area (TPSA) is 69.6 Å². The predicted octanol–water partition coefficient (Wildman–Crippen LogP) is 1.44. The molecule has 0 aromatic rings. The lowest BCUT2D eigenvalue weighted by molar-refractivity contribution is -0.138. The molecule has 2 amide bonds. The first-order valence-corrected chi connectivity index (χ1v) is 5.59. The quantitative estimate of drug-likeness (QED) is 0.813. The van der Waals surface area contributed by atoms with Crippen LogP contribution in [0.15, 0.2) is 0 Å². The molecule has 8 heteroatoms. The van der Waals surface area contributed by atoms with Crippen molar-refractivity contribution in [3.8, 4) is 0 Å². The molecule has 0 radical (unpaired) electrons. The first kappa shape index (κ1) is 14.6. The molecule has 104 valence electrons. The Kier molecular flexibility index (Phi) is 4.80. The van der Waals surface area contributed by atoms with Gasteiger partial charge in [-0.2, -0.15) is 13.2 Å². The molecule has 5 nitrogen and oxygen atoms in total. The number of nitrogens with zero attached hydrogens (tertiary/aromatic N) is 1. The summed E-state index contributed by atoms with van der Waals surface area (Å²) in [6.45, 7) is -0.818. The summed E-state index contributed by atoms with van der Waals surface area (Å²) in [5, 5.41) is 10.4. The van der Waals surface area contributed by atoms with Gasteiger partial charge in [0.1, 0.15) is 6.54 Å². The molecular weight excluding hydrogens is 253 g/mol. The van der Waals surface area contributed by atoms with Gasteiger partial charge in [0.15, 0.2) is 0 Å². The summed E-state index contributed by atoms with van der Waals surface area (Å²) >= 11 is 0. The molecule has 1 heterocycles. The average Bonchev–Trinajstić information content (AvgIpc) is 2.24. The molecule has 1 fully saturated rings. The second-order valence-corrected chi connectivity index (χ2v) is 4.33. The maximum absolute atomic E-state index is 11.9. The van der Waals surface area contributed by atoms with Crippen LogP contribution in [0.5, 0.6) is 0 Å². The van der Waals surface area contributed by atoms with Crippen molar-refractivity contribution in [3.63, 3.8) is 0 Å². The minimum absolute atomic E-state index is 0.0664. The van der Waals surface area contributed by atoms with Gasteiger partial charge in [0.25, 0.3) is 0 Å². The van der Waals surface area contributed by atoms with Gasteiger partial charge in [-0.25, -0.2) is 4.79 Å². The van der Waals surface area contributed by atoms with Crippen LogP contribution in [0.1, 0.15) is 19.3 Å². The van der Waals surface area contributed by atoms with Gasteiger partial charge in [-0.05, 0) is 18.8 Å². The average molecular weight is 268 g/mol. The number of rotatable bonds is 3. The molecule has 0 bridgehead atoms. The zero-order valence-corrected chi connectivity index (χ0v) is 9.66. The summed E-state index contributed by atoms with van der Waals surface area (Å²) in [5.74, 6) is -1.15. The number of carboxylic acid groups (broad SMARTS) is 1. The normalized spacial score (nSPS) is 20.6. The SMILES string of the molecule is O=C(O)CC1CCCN(C(=O)NCC(F)(F)F)C1. The van der Waals surface area contributed by atoms with Crippen molar-refractivity contribution in [2.75, 3.05) is 19.6 Å². The van der Waals surface area contributed by atoms with Gasteiger partial charge in [-0.3, -0.25) is 4.79 Å². The Labute approximate surface area is 102 Å². The number of carbonyl (C=O) groups excluding carboxylic acids is 1. The molecular formula is C10H15F3N2O3. The van der Waals surface area contributed by atoms with Crippen LogP contribution in [-0.4, -0.2) is 47.8 Å². The van der Waals surface area contributed by atoms with E-state index >= 15 is 0 Å². The summed E-state index contributed by atoms with van der Waals surface area (Å²) in [6.07, 6.45) is -3.22. The molecule has 0 spiro atoms. The first-order valence-electron chi connectivity index (χ1n) is 5.59. The van der Waals surface area contributed by atoms with E-state index in [2.05, 4.69) is 0 Å². The van der Waals surface area contributed by atoms with E-state index in [1.54, 1.807) is 5.32 Å². The molecule has 1 aliphatic rings. The Morgan fingerprint density at radius 2 is 2.06 bits per heavy atom. The standard InChI is InChI=1S/C10H15F3N2O3/c11-10(12,13)6-14-9(18)15-3-1-2-7(5-15)4-8(16)17/h7H,1-6H2,(H,14,18)(H,16,17). The predicted molar refractivity (Wildman–Crippen MR) is 56.0 cm³/mol. The molecule has 0 aliphatic carbocycles. The highest BCUT2D eigenvalue weighted by molar-refractivity contribution is 5.74. The Hall–Kier alpha value is -1.47. The van der Waals surface area contributed by atoms with Gasteiger partial charge < -0.3 is 15.3 Å². The lowest BCUT2D eigenvalue weighted by Gasteiger charge is -2.32. The van der Waals surface area contributed by atoms with Crippen molar-refractivity contribution < 1.29 is 27.9 Å². The lowest BCUT2D eigenvalue weighted by Crippen LogP contribution is -2.48. The van der Waals surface area contributed by atoms with E-state index < -0.39 is 24.7 Å². The number of likely N-dealkylation sites (tertiary alicyclic amines) is 1. The van der Waals surface area contributed by atoms with E-state index in [0.717, 1.165) is 0 Å². The third-order valence-corrected chi connectivity index (χ3v) is 2.71. The molecule has 1 aliphatic heterocycles. The fourth-order valence-electron chi connectivity index (χ4n) is 1.95. The number of halogens is 3. The Morgan fingerprint density at radius 3 is 2.61 bits per heavy atom. The maximum atomic E-state index is 11.9. The van der Waals surface area contributed by atoms with Crippen molar-refractivity contribution in [2.24, 2.45) is 5.92 Å². The summed E-state index contributed by atoms with van der Waals surface area (Å²) < 4.78 is 35.8. The van der Waals surface area contributed by atoms with Crippen LogP contribution in [0.4, 0.5) is 18.0 Å². The molecule has 1 unspecified atom stereocenters. The highest BCUT2D eigenvalue weighted by atomic mass is 19.4. The number of carbonyl (C=O) groups is 2. The van der Waals surface area contributed by atoms with E-state index in [-0.39, 0.29) is 18.9 Å². The molecule has 2 N–H and O–H groups in total. The highest BCUT2D eigenvalue weighted by Gasteiger charge is 2.30. The minimum Gasteiger partial charge on any atom is -0.481 e. The van der Waals surface area contributed by atoms with Crippen LogP contribution in [0, 0.1) is 5.92 Å². The lowest BCUT2D eigenvalue weighted by atomic mass is 9.95. The minimum atomic E-state index is -4.44. The zero-order chi connectivity index (χ0) is 13.8. The molecule has 0 saturated carbocycles. The van der Waals surface area contributed by atoms with E-state index in [1.807, 2.05) is 0 Å². The zero-order valence-electron chi connectivity index (χ0n) is 9.66. The van der Waals surface area contributed by atoms with Gasteiger partial charge in [0, 0.05) is 19.5 Å². The largest absolute Gasteiger partial charge is 0.481 e. The van der Waals surface area contributed by atoms with E-state index in [1.165, 1.54) is 4.90 Å². The van der Waals surface area contributed by atoms with Crippen LogP contribution in [0.3, 0.4) is 0 Å². The van der Waals surface area contributed by atoms with Crippen LogP contribution in [-0.2, 0) is 4.79 Å². The Bertz CT molecular complexity index is 320. The number of carboxylic acids is 1. The van der Waals surface area contributed by atoms with E-state index in [4.69, 9.17) is 5.11 Å². The van der Waals surface area contributed by atoms with Gasteiger partial charge in [-0.15, -0.1) is 0 Å². The van der Waals surface area contributed by atoms with Gasteiger partial charge in [-0.1, -0.05) is 0 Å². The molecule has 0 aromatic heterocycles. The monoisotopic (exact) mass is 268 g/mol. The van der Waals surface area contributed by atoms with Crippen LogP contribution >= 0.6 is 0 Å². The molecule has 18 heavy (non-hydrogen) atoms. The Balaban J connectivity index is 2.41. The van der Waals surface area contributed by atoms with Crippen molar-refractivity contribution in [3.05, 3.63) is 0 Å². The number of alkyl halides is 3. The fourth-order valence-corrected chi connectivity index (χ4v) is 1.95. The van der Waals surface area contributed by atoms with Gasteiger partial charge in [0.05, 0.1) is 0 Å². The summed E-state index contributed by atoms with van der Waals surface area (Å²) in [7, 11) is 0. The second-order valence-electron chi connectivity index (χ2n) is 4.33. The number of hydrogen-bond acceptors (Lipinski definition) is 2. The highest BCUT2D eigenvalue weighted by Crippen LogP contribution is 2.20. The second kappa shape index (κ2) is 5.92. The number of amides is 2. The Morgan fingerprint density at radius 1 is 1.39 bits per heavy atom. The van der Waals surface area contributed by atoms with Crippen LogP contribution < -0.4 is 5.32 Å². The van der Waals surface area contributed by atoms with Crippen molar-refractivity contribution in [1.82, 2.24) is 10.2 Å². The van der Waals surface area contributed by atoms with Crippen molar-refractivity contribution in [1.29, 1.82) is 0 Å². The summed E-state index contributed by atoms with van der Waals surface area (Å²) in [5.41, 5.74) is 0. The van der Waals surface area contributed by atoms with Crippen molar-refractivity contribution >= 4 is 12.0 Å². The van der Waals surface area contributed by atoms with Crippen molar-refractivity contribution in [2.45, 2.75) is 25.4 Å². The van der Waals surface area contributed by atoms with Gasteiger partial charge in [0.2, 0.25) is 0 Å². The number of nitrogens with one attached hydrogen (secondary N) is 1. The number of hydrogen-bond donors (Lipinski definition) is 2.